The molecule has 1 spiro atoms. The van der Waals surface area contributed by atoms with Gasteiger partial charge in [0.1, 0.15) is 38.4 Å². The summed E-state index contributed by atoms with van der Waals surface area (Å²) >= 11 is 0. The van der Waals surface area contributed by atoms with E-state index in [4.69, 9.17) is 9.47 Å². The molecule has 460 valence electrons. The lowest BCUT2D eigenvalue weighted by Gasteiger charge is -2.35. The van der Waals surface area contributed by atoms with Gasteiger partial charge >= 0.3 is 0 Å². The molecule has 3 nitrogen and oxygen atoms in total. The first-order valence-electron chi connectivity index (χ1n) is 29.1. The van der Waals surface area contributed by atoms with Crippen LogP contribution in [0.3, 0.4) is 0 Å². The van der Waals surface area contributed by atoms with Gasteiger partial charge in [0.15, 0.2) is 69.8 Å². The first kappa shape index (κ1) is 61.5. The average molecular weight is 1320 g/mol. The second kappa shape index (κ2) is 24.7. The summed E-state index contributed by atoms with van der Waals surface area (Å²) in [5.41, 5.74) is 6.35. The standard InChI is InChI=1S/C76H48F12NO2.BrH/c77-61-27-49(28-62(78)73(61)85)45-19-46(50-29-63(79)74(86)64(80)30-50)22-53(21-45)57-25-43-15-7-9-17-55(43)71-59(57)35-89(37-69(90-39-41-11-3-1-4-12-41)70(38-89)91-40-42-13-5-2-6-14-42)36-60-58(26-44-16-8-10-18-56(44)72(60)71)54-23-47(51-31-65(81)75(87)66(82)32-51)20-48(24-54)52-33-67(83)76(88)68(84)34-52;/h1-34,69-70H,35-40H2;1H/q+1;/p-1/t69-,70+;. The van der Waals surface area contributed by atoms with Gasteiger partial charge in [0.25, 0.3) is 0 Å². The van der Waals surface area contributed by atoms with Crippen LogP contribution in [0.5, 0.6) is 0 Å². The summed E-state index contributed by atoms with van der Waals surface area (Å²) in [6, 6.07) is 54.1. The molecule has 12 aromatic carbocycles. The third kappa shape index (κ3) is 11.5. The van der Waals surface area contributed by atoms with Gasteiger partial charge in [-0.1, -0.05) is 109 Å². The molecular formula is C76H48BrF12NO2. The number of quaternary nitrogens is 1. The van der Waals surface area contributed by atoms with E-state index in [2.05, 4.69) is 0 Å². The number of hydrogen-bond donors (Lipinski definition) is 0. The van der Waals surface area contributed by atoms with Crippen LogP contribution in [0, 0.1) is 69.8 Å². The summed E-state index contributed by atoms with van der Waals surface area (Å²) in [4.78, 5) is 0. The summed E-state index contributed by atoms with van der Waals surface area (Å²) in [7, 11) is 0. The Morgan fingerprint density at radius 3 is 0.870 bits per heavy atom. The zero-order chi connectivity index (χ0) is 63.0. The van der Waals surface area contributed by atoms with Crippen molar-refractivity contribution >= 4 is 21.5 Å². The fourth-order valence-corrected chi connectivity index (χ4v) is 13.3. The Hall–Kier alpha value is -9.32. The first-order valence-corrected chi connectivity index (χ1v) is 29.1. The maximum atomic E-state index is 15.4. The highest BCUT2D eigenvalue weighted by Crippen LogP contribution is 2.53. The number of fused-ring (bicyclic) bond motifs is 7. The molecule has 2 atom stereocenters. The van der Waals surface area contributed by atoms with Gasteiger partial charge in [-0.25, -0.2) is 52.7 Å². The molecule has 2 aliphatic heterocycles. The largest absolute Gasteiger partial charge is 1.00 e. The van der Waals surface area contributed by atoms with E-state index in [1.54, 1.807) is 24.3 Å². The Morgan fingerprint density at radius 2 is 0.565 bits per heavy atom. The highest BCUT2D eigenvalue weighted by Gasteiger charge is 2.50. The number of benzene rings is 12. The summed E-state index contributed by atoms with van der Waals surface area (Å²) in [5.74, 6) is -18.9. The van der Waals surface area contributed by atoms with Crippen molar-refractivity contribution in [1.29, 1.82) is 0 Å². The molecular weight excluding hydrogens is 1270 g/mol. The summed E-state index contributed by atoms with van der Waals surface area (Å²) in [6.07, 6.45) is -1.19. The Bertz CT molecular complexity index is 4360. The van der Waals surface area contributed by atoms with E-state index in [9.17, 15) is 17.6 Å². The smallest absolute Gasteiger partial charge is 0.194 e. The van der Waals surface area contributed by atoms with Crippen LogP contribution in [-0.4, -0.2) is 29.8 Å². The molecule has 1 saturated heterocycles. The molecule has 2 heterocycles. The fraction of sp³-hybridized carbons (Fsp3) is 0.105. The van der Waals surface area contributed by atoms with Gasteiger partial charge in [0, 0.05) is 22.3 Å². The number of hydrogen-bond acceptors (Lipinski definition) is 2. The van der Waals surface area contributed by atoms with E-state index in [0.717, 1.165) is 70.4 Å². The van der Waals surface area contributed by atoms with Crippen LogP contribution in [0.4, 0.5) is 52.7 Å². The van der Waals surface area contributed by atoms with E-state index in [1.165, 1.54) is 12.1 Å². The molecule has 2 aliphatic rings. The van der Waals surface area contributed by atoms with Crippen LogP contribution in [0.2, 0.25) is 0 Å². The number of rotatable bonds is 12. The molecule has 0 bridgehead atoms. The Kier molecular flexibility index (Phi) is 16.5. The zero-order valence-corrected chi connectivity index (χ0v) is 49.8. The van der Waals surface area contributed by atoms with Crippen molar-refractivity contribution in [3.8, 4) is 77.9 Å². The lowest BCUT2D eigenvalue weighted by Crippen LogP contribution is -3.00. The molecule has 0 N–H and O–H groups in total. The quantitative estimate of drug-likeness (QED) is 0.0689. The number of halogens is 13. The highest BCUT2D eigenvalue weighted by atomic mass is 79.9. The number of nitrogens with zero attached hydrogens (tertiary/aromatic N) is 1. The van der Waals surface area contributed by atoms with E-state index >= 15 is 35.1 Å². The molecule has 0 aliphatic carbocycles. The molecule has 0 amide bonds. The first-order chi connectivity index (χ1) is 43.9. The molecule has 0 saturated carbocycles. The molecule has 0 radical (unpaired) electrons. The predicted octanol–water partition coefficient (Wildman–Crippen LogP) is 17.3. The van der Waals surface area contributed by atoms with Crippen molar-refractivity contribution in [3.63, 3.8) is 0 Å². The fourth-order valence-electron chi connectivity index (χ4n) is 13.3. The minimum absolute atomic E-state index is 0. The maximum Gasteiger partial charge on any atom is 0.194 e. The molecule has 12 aromatic rings. The monoisotopic (exact) mass is 1310 g/mol. The second-order valence-electron chi connectivity index (χ2n) is 23.3. The Balaban J connectivity index is 0.00000773. The van der Waals surface area contributed by atoms with Gasteiger partial charge in [-0.15, -0.1) is 0 Å². The van der Waals surface area contributed by atoms with E-state index < -0.39 is 82.0 Å². The van der Waals surface area contributed by atoms with Gasteiger partial charge < -0.3 is 30.9 Å². The normalized spacial score (nSPS) is 15.0. The lowest BCUT2D eigenvalue weighted by atomic mass is 9.81. The van der Waals surface area contributed by atoms with Gasteiger partial charge in [-0.3, -0.25) is 0 Å². The van der Waals surface area contributed by atoms with Crippen molar-refractivity contribution in [3.05, 3.63) is 298 Å². The second-order valence-corrected chi connectivity index (χ2v) is 23.3. The summed E-state index contributed by atoms with van der Waals surface area (Å²) in [6.45, 7) is 1.38. The minimum Gasteiger partial charge on any atom is -1.00 e. The van der Waals surface area contributed by atoms with E-state index in [1.807, 2.05) is 121 Å². The number of ether oxygens (including phenoxy) is 2. The van der Waals surface area contributed by atoms with Crippen LogP contribution < -0.4 is 17.0 Å². The van der Waals surface area contributed by atoms with Crippen molar-refractivity contribution < 1.29 is 83.6 Å². The van der Waals surface area contributed by atoms with E-state index in [-0.39, 0.29) is 92.3 Å². The molecule has 1 fully saturated rings. The van der Waals surface area contributed by atoms with Crippen molar-refractivity contribution in [2.45, 2.75) is 38.5 Å². The topological polar surface area (TPSA) is 18.5 Å². The van der Waals surface area contributed by atoms with Crippen LogP contribution in [0.1, 0.15) is 22.3 Å². The van der Waals surface area contributed by atoms with E-state index in [0.29, 0.717) is 68.4 Å². The molecule has 14 rings (SSSR count). The van der Waals surface area contributed by atoms with Gasteiger partial charge in [-0.2, -0.15) is 0 Å². The molecule has 0 aromatic heterocycles. The third-order valence-electron chi connectivity index (χ3n) is 17.5. The molecule has 92 heavy (non-hydrogen) atoms. The van der Waals surface area contributed by atoms with Crippen molar-refractivity contribution in [2.75, 3.05) is 13.1 Å². The maximum absolute atomic E-state index is 15.4. The SMILES string of the molecule is Fc1cc(-c2cc(-c3cc(F)c(F)c(F)c3)cc(-c3cc4ccccc4c4c3C[N+]3(Cc5c(-c6cc(-c7cc(F)c(F)c(F)c7)cc(-c7cc(F)c(F)c(F)c7)c6)cc6ccccc6c5-4)C[C@H](OCc4ccccc4)[C@H](OCc4ccccc4)C3)c2)cc(F)c1F.[Br-]. The Morgan fingerprint density at radius 1 is 0.304 bits per heavy atom. The Labute approximate surface area is 530 Å². The van der Waals surface area contributed by atoms with Gasteiger partial charge in [0.05, 0.1) is 13.2 Å². The molecule has 0 unspecified atom stereocenters. The van der Waals surface area contributed by atoms with Gasteiger partial charge in [-0.05, 0) is 196 Å². The van der Waals surface area contributed by atoms with Crippen LogP contribution in [0.15, 0.2) is 206 Å². The zero-order valence-electron chi connectivity index (χ0n) is 48.2. The van der Waals surface area contributed by atoms with Crippen LogP contribution >= 0.6 is 0 Å². The summed E-state index contributed by atoms with van der Waals surface area (Å²) in [5, 5.41) is 2.89. The van der Waals surface area contributed by atoms with Crippen LogP contribution in [-0.2, 0) is 35.8 Å². The van der Waals surface area contributed by atoms with Gasteiger partial charge in [0.2, 0.25) is 0 Å². The van der Waals surface area contributed by atoms with Crippen LogP contribution in [0.25, 0.3) is 99.4 Å². The third-order valence-corrected chi connectivity index (χ3v) is 17.5. The molecule has 16 heteroatoms. The summed E-state index contributed by atoms with van der Waals surface area (Å²) < 4.78 is 196. The average Bonchev–Trinajstić information content (AvgIpc) is 1.49. The van der Waals surface area contributed by atoms with Crippen molar-refractivity contribution in [1.82, 2.24) is 0 Å². The van der Waals surface area contributed by atoms with Crippen molar-refractivity contribution in [2.24, 2.45) is 0 Å². The predicted molar refractivity (Wildman–Crippen MR) is 326 cm³/mol. The highest BCUT2D eigenvalue weighted by molar-refractivity contribution is 6.12. The lowest BCUT2D eigenvalue weighted by molar-refractivity contribution is -0.944. The minimum atomic E-state index is -1.72.